The highest BCUT2D eigenvalue weighted by atomic mass is 32.2. The van der Waals surface area contributed by atoms with Gasteiger partial charge in [-0.2, -0.15) is 5.26 Å². The number of nitriles is 1. The summed E-state index contributed by atoms with van der Waals surface area (Å²) in [5, 5.41) is 24.8. The van der Waals surface area contributed by atoms with Gasteiger partial charge in [-0.3, -0.25) is 10.1 Å². The zero-order valence-corrected chi connectivity index (χ0v) is 14.0. The van der Waals surface area contributed by atoms with Gasteiger partial charge >= 0.3 is 0 Å². The number of sulfone groups is 1. The molecule has 2 aromatic heterocycles. The first-order valence-corrected chi connectivity index (χ1v) is 8.56. The molecule has 2 rings (SSSR count). The maximum absolute atomic E-state index is 12.1. The molecule has 0 fully saturated rings. The molecule has 0 aliphatic carbocycles. The number of amides is 1. The van der Waals surface area contributed by atoms with Gasteiger partial charge in [0.05, 0.1) is 29.9 Å². The Morgan fingerprint density at radius 3 is 2.48 bits per heavy atom. The third kappa shape index (κ3) is 3.81. The van der Waals surface area contributed by atoms with Crippen LogP contribution in [0.4, 0.5) is 5.95 Å². The monoisotopic (exact) mass is 363 g/mol. The van der Waals surface area contributed by atoms with Gasteiger partial charge in [-0.05, 0) is 6.92 Å². The van der Waals surface area contributed by atoms with Crippen molar-refractivity contribution < 1.29 is 22.8 Å². The van der Waals surface area contributed by atoms with Crippen LogP contribution in [-0.4, -0.2) is 40.3 Å². The molecular formula is C14H13N5O5S. The van der Waals surface area contributed by atoms with Crippen LogP contribution in [0.15, 0.2) is 33.6 Å². The van der Waals surface area contributed by atoms with Crippen molar-refractivity contribution in [3.05, 3.63) is 35.5 Å². The Morgan fingerprint density at radius 2 is 2.00 bits per heavy atom. The molecule has 25 heavy (non-hydrogen) atoms. The SMILES string of the molecule is CCS(=O)(=O)c1cnc(NC(=O)/C(C#N)=C(\O)c2cnoc2C)nc1. The number of carbonyl (C=O) groups is 1. The molecule has 0 atom stereocenters. The number of rotatable bonds is 5. The van der Waals surface area contributed by atoms with Crippen LogP contribution in [0.5, 0.6) is 0 Å². The van der Waals surface area contributed by atoms with Gasteiger partial charge in [0, 0.05) is 0 Å². The number of carbonyl (C=O) groups excluding carboxylic acids is 1. The molecule has 0 aliphatic heterocycles. The van der Waals surface area contributed by atoms with E-state index in [1.165, 1.54) is 13.8 Å². The van der Waals surface area contributed by atoms with E-state index in [2.05, 4.69) is 20.4 Å². The Hall–Kier alpha value is -3.26. The van der Waals surface area contributed by atoms with Crippen molar-refractivity contribution in [2.45, 2.75) is 18.7 Å². The molecule has 11 heteroatoms. The van der Waals surface area contributed by atoms with Crippen molar-refractivity contribution in [3.8, 4) is 6.07 Å². The van der Waals surface area contributed by atoms with E-state index in [0.29, 0.717) is 0 Å². The van der Waals surface area contributed by atoms with E-state index >= 15 is 0 Å². The number of nitrogens with zero attached hydrogens (tertiary/aromatic N) is 4. The topological polar surface area (TPSA) is 159 Å². The van der Waals surface area contributed by atoms with Crippen molar-refractivity contribution in [1.29, 1.82) is 5.26 Å². The largest absolute Gasteiger partial charge is 0.506 e. The first kappa shape index (κ1) is 18.1. The summed E-state index contributed by atoms with van der Waals surface area (Å²) in [5.74, 6) is -1.68. The standard InChI is InChI=1S/C14H13N5O5S/c1-3-25(22,23)9-5-16-14(17-6-9)19-13(21)10(4-15)12(20)11-7-18-24-8(11)2/h5-7,20H,3H2,1-2H3,(H,16,17,19,21)/b12-10-. The Bertz CT molecular complexity index is 970. The number of aryl methyl sites for hydroxylation is 1. The molecule has 0 aromatic carbocycles. The number of hydrogen-bond donors (Lipinski definition) is 2. The van der Waals surface area contributed by atoms with Crippen LogP contribution in [0.25, 0.3) is 5.76 Å². The Kier molecular flexibility index (Phi) is 5.14. The minimum absolute atomic E-state index is 0.0907. The smallest absolute Gasteiger partial charge is 0.272 e. The number of hydrogen-bond acceptors (Lipinski definition) is 9. The van der Waals surface area contributed by atoms with E-state index in [1.807, 2.05) is 0 Å². The molecule has 0 spiro atoms. The molecule has 0 aliphatic rings. The van der Waals surface area contributed by atoms with Crippen molar-refractivity contribution in [2.24, 2.45) is 0 Å². The fourth-order valence-electron chi connectivity index (χ4n) is 1.74. The zero-order valence-electron chi connectivity index (χ0n) is 13.2. The lowest BCUT2D eigenvalue weighted by Crippen LogP contribution is -2.17. The van der Waals surface area contributed by atoms with Crippen LogP contribution in [-0.2, 0) is 14.6 Å². The fraction of sp³-hybridized carbons (Fsp3) is 0.214. The van der Waals surface area contributed by atoms with Crippen LogP contribution in [0, 0.1) is 18.3 Å². The highest BCUT2D eigenvalue weighted by molar-refractivity contribution is 7.91. The first-order chi connectivity index (χ1) is 11.8. The average molecular weight is 363 g/mol. The van der Waals surface area contributed by atoms with Crippen molar-refractivity contribution in [3.63, 3.8) is 0 Å². The molecule has 130 valence electrons. The second-order valence-corrected chi connectivity index (χ2v) is 7.01. The summed E-state index contributed by atoms with van der Waals surface area (Å²) in [6.45, 7) is 2.98. The van der Waals surface area contributed by atoms with Crippen molar-refractivity contribution in [2.75, 3.05) is 11.1 Å². The molecule has 0 unspecified atom stereocenters. The predicted octanol–water partition coefficient (Wildman–Crippen LogP) is 0.998. The van der Waals surface area contributed by atoms with Gasteiger partial charge in [0.15, 0.2) is 21.2 Å². The van der Waals surface area contributed by atoms with E-state index in [0.717, 1.165) is 18.6 Å². The third-order valence-electron chi connectivity index (χ3n) is 3.17. The van der Waals surface area contributed by atoms with E-state index in [-0.39, 0.29) is 27.9 Å². The van der Waals surface area contributed by atoms with Gasteiger partial charge in [-0.1, -0.05) is 12.1 Å². The van der Waals surface area contributed by atoms with Crippen molar-refractivity contribution in [1.82, 2.24) is 15.1 Å². The second kappa shape index (κ2) is 7.10. The van der Waals surface area contributed by atoms with E-state index in [1.54, 1.807) is 6.07 Å². The highest BCUT2D eigenvalue weighted by Gasteiger charge is 2.21. The average Bonchev–Trinajstić information content (AvgIpc) is 3.02. The van der Waals surface area contributed by atoms with Crippen LogP contribution in [0.2, 0.25) is 0 Å². The summed E-state index contributed by atoms with van der Waals surface area (Å²) in [7, 11) is -3.47. The molecule has 0 bridgehead atoms. The summed E-state index contributed by atoms with van der Waals surface area (Å²) >= 11 is 0. The van der Waals surface area contributed by atoms with Gasteiger partial charge in [-0.15, -0.1) is 0 Å². The van der Waals surface area contributed by atoms with Gasteiger partial charge < -0.3 is 9.63 Å². The van der Waals surface area contributed by atoms with Crippen molar-refractivity contribution >= 4 is 27.5 Å². The summed E-state index contributed by atoms with van der Waals surface area (Å²) in [6, 6.07) is 1.58. The molecule has 10 nitrogen and oxygen atoms in total. The van der Waals surface area contributed by atoms with E-state index in [4.69, 9.17) is 9.78 Å². The lowest BCUT2D eigenvalue weighted by molar-refractivity contribution is -0.112. The molecule has 2 aromatic rings. The number of nitrogens with one attached hydrogen (secondary N) is 1. The van der Waals surface area contributed by atoms with E-state index in [9.17, 15) is 18.3 Å². The third-order valence-corrected chi connectivity index (χ3v) is 4.86. The molecule has 2 heterocycles. The predicted molar refractivity (Wildman–Crippen MR) is 84.8 cm³/mol. The highest BCUT2D eigenvalue weighted by Crippen LogP contribution is 2.20. The fourth-order valence-corrected chi connectivity index (χ4v) is 2.50. The maximum Gasteiger partial charge on any atom is 0.272 e. The lowest BCUT2D eigenvalue weighted by Gasteiger charge is -2.05. The second-order valence-electron chi connectivity index (χ2n) is 4.73. The quantitative estimate of drug-likeness (QED) is 0.448. The molecule has 0 radical (unpaired) electrons. The van der Waals surface area contributed by atoms with Crippen LogP contribution >= 0.6 is 0 Å². The van der Waals surface area contributed by atoms with Crippen LogP contribution in [0.1, 0.15) is 18.2 Å². The molecule has 2 N–H and O–H groups in total. The Labute approximate surface area is 142 Å². The molecule has 0 saturated heterocycles. The summed E-state index contributed by atoms with van der Waals surface area (Å²) in [6.07, 6.45) is 3.25. The number of aliphatic hydroxyl groups excluding tert-OH is 1. The number of aliphatic hydroxyl groups is 1. The molecule has 1 amide bonds. The lowest BCUT2D eigenvalue weighted by atomic mass is 10.1. The molecule has 0 saturated carbocycles. The van der Waals surface area contributed by atoms with E-state index < -0.39 is 27.1 Å². The minimum atomic E-state index is -3.47. The minimum Gasteiger partial charge on any atom is -0.506 e. The zero-order chi connectivity index (χ0) is 18.6. The number of anilines is 1. The summed E-state index contributed by atoms with van der Waals surface area (Å²) < 4.78 is 28.1. The van der Waals surface area contributed by atoms with Gasteiger partial charge in [0.1, 0.15) is 16.7 Å². The Morgan fingerprint density at radius 1 is 1.36 bits per heavy atom. The Balaban J connectivity index is 2.27. The summed E-state index contributed by atoms with van der Waals surface area (Å²) in [5.41, 5.74) is -0.503. The van der Waals surface area contributed by atoms with Gasteiger partial charge in [0.2, 0.25) is 5.95 Å². The summed E-state index contributed by atoms with van der Waals surface area (Å²) in [4.78, 5) is 19.5. The van der Waals surface area contributed by atoms with Crippen LogP contribution in [0.3, 0.4) is 0 Å². The first-order valence-electron chi connectivity index (χ1n) is 6.91. The number of aromatic nitrogens is 3. The molecular weight excluding hydrogens is 350 g/mol. The van der Waals surface area contributed by atoms with Gasteiger partial charge in [-0.25, -0.2) is 18.4 Å². The van der Waals surface area contributed by atoms with Gasteiger partial charge in [0.25, 0.3) is 5.91 Å². The maximum atomic E-state index is 12.1. The normalized spacial score (nSPS) is 12.2. The van der Waals surface area contributed by atoms with Crippen LogP contribution < -0.4 is 5.32 Å².